The topological polar surface area (TPSA) is 48.5 Å². The number of nitrogens with zero attached hydrogens (tertiary/aromatic N) is 1. The molecule has 4 heteroatoms. The number of anilines is 5. The highest BCUT2D eigenvalue weighted by Gasteiger charge is 2.05. The van der Waals surface area contributed by atoms with E-state index in [-0.39, 0.29) is 6.04 Å². The van der Waals surface area contributed by atoms with Gasteiger partial charge in [-0.15, -0.1) is 0 Å². The van der Waals surface area contributed by atoms with Crippen molar-refractivity contribution in [3.05, 3.63) is 103 Å². The quantitative estimate of drug-likeness (QED) is 0.450. The highest BCUT2D eigenvalue weighted by Crippen LogP contribution is 2.23. The van der Waals surface area contributed by atoms with Gasteiger partial charge < -0.3 is 16.0 Å². The number of allylic oxidation sites excluding steroid dienone is 2. The molecule has 3 aromatic carbocycles. The van der Waals surface area contributed by atoms with E-state index in [0.717, 1.165) is 34.1 Å². The van der Waals surface area contributed by atoms with Crippen LogP contribution >= 0.6 is 0 Å². The van der Waals surface area contributed by atoms with Gasteiger partial charge in [0, 0.05) is 35.5 Å². The Hall–Kier alpha value is -3.79. The molecule has 0 atom stereocenters. The Kier molecular flexibility index (Phi) is 5.95. The minimum atomic E-state index is 0.183. The predicted octanol–water partition coefficient (Wildman–Crippen LogP) is 6.46. The van der Waals surface area contributed by atoms with Gasteiger partial charge in [-0.2, -0.15) is 0 Å². The molecule has 3 N–H and O–H groups in total. The molecule has 0 fully saturated rings. The molecule has 0 unspecified atom stereocenters. The van der Waals surface area contributed by atoms with Crippen LogP contribution in [0.25, 0.3) is 0 Å². The molecule has 1 aliphatic rings. The van der Waals surface area contributed by atoms with Gasteiger partial charge in [-0.05, 0) is 79.7 Å². The molecule has 4 nitrogen and oxygen atoms in total. The van der Waals surface area contributed by atoms with E-state index in [1.54, 1.807) is 7.05 Å². The molecule has 0 amide bonds. The van der Waals surface area contributed by atoms with E-state index in [2.05, 4.69) is 113 Å². The van der Waals surface area contributed by atoms with Gasteiger partial charge in [0.15, 0.2) is 0 Å². The summed E-state index contributed by atoms with van der Waals surface area (Å²) in [5.74, 6) is 0. The van der Waals surface area contributed by atoms with Crippen molar-refractivity contribution in [1.82, 2.24) is 0 Å². The molecule has 4 rings (SSSR count). The van der Waals surface area contributed by atoms with Crippen LogP contribution in [0.1, 0.15) is 5.56 Å². The number of rotatable bonds is 6. The first kappa shape index (κ1) is 19.5. The van der Waals surface area contributed by atoms with Crippen molar-refractivity contribution in [1.29, 1.82) is 0 Å². The van der Waals surface area contributed by atoms with Gasteiger partial charge in [-0.1, -0.05) is 29.8 Å². The van der Waals surface area contributed by atoms with Crippen molar-refractivity contribution in [3.8, 4) is 0 Å². The number of hydrogen-bond donors (Lipinski definition) is 3. The van der Waals surface area contributed by atoms with Gasteiger partial charge in [-0.25, -0.2) is 0 Å². The molecule has 1 aliphatic carbocycles. The SMILES string of the molecule is CN=C1C=CC(Nc2ccc(Nc3ccc(Nc4ccc(C)cc4)cc3)cc2)C=C1. The average molecular weight is 395 g/mol. The maximum Gasteiger partial charge on any atom is 0.0636 e. The van der Waals surface area contributed by atoms with Crippen LogP contribution < -0.4 is 16.0 Å². The molecule has 0 aromatic heterocycles. The minimum Gasteiger partial charge on any atom is -0.375 e. The van der Waals surface area contributed by atoms with E-state index < -0.39 is 0 Å². The standard InChI is InChI=1S/C26H26N4/c1-19-3-5-21(6-4-19)28-23-11-13-25(14-12-23)30-26-17-15-24(16-18-26)29-22-9-7-20(27-2)8-10-22/h3-18,22,28-30H,1-2H3. The zero-order chi connectivity index (χ0) is 20.8. The van der Waals surface area contributed by atoms with E-state index in [1.165, 1.54) is 5.56 Å². The molecular formula is C26H26N4. The summed E-state index contributed by atoms with van der Waals surface area (Å²) in [4.78, 5) is 4.17. The lowest BCUT2D eigenvalue weighted by atomic mass is 10.1. The van der Waals surface area contributed by atoms with Gasteiger partial charge in [0.1, 0.15) is 0 Å². The van der Waals surface area contributed by atoms with Crippen molar-refractivity contribution in [3.63, 3.8) is 0 Å². The molecule has 3 aromatic rings. The fourth-order valence-corrected chi connectivity index (χ4v) is 3.22. The number of benzene rings is 3. The van der Waals surface area contributed by atoms with Gasteiger partial charge in [-0.3, -0.25) is 4.99 Å². The van der Waals surface area contributed by atoms with Gasteiger partial charge in [0.05, 0.1) is 11.8 Å². The third kappa shape index (κ3) is 5.17. The van der Waals surface area contributed by atoms with Crippen LogP contribution in [0.2, 0.25) is 0 Å². The zero-order valence-corrected chi connectivity index (χ0v) is 17.3. The van der Waals surface area contributed by atoms with Crippen LogP contribution in [0.3, 0.4) is 0 Å². The first-order chi connectivity index (χ1) is 14.7. The normalized spacial score (nSPS) is 15.0. The summed E-state index contributed by atoms with van der Waals surface area (Å²) in [5, 5.41) is 10.4. The predicted molar refractivity (Wildman–Crippen MR) is 130 cm³/mol. The summed E-state index contributed by atoms with van der Waals surface area (Å²) in [6, 6.07) is 25.2. The van der Waals surface area contributed by atoms with E-state index in [0.29, 0.717) is 0 Å². The van der Waals surface area contributed by atoms with Crippen molar-refractivity contribution in [2.75, 3.05) is 23.0 Å². The molecule has 0 saturated heterocycles. The van der Waals surface area contributed by atoms with Crippen molar-refractivity contribution >= 4 is 34.1 Å². The Labute approximate surface area is 178 Å². The fourth-order valence-electron chi connectivity index (χ4n) is 3.22. The molecule has 0 aliphatic heterocycles. The molecule has 0 saturated carbocycles. The smallest absolute Gasteiger partial charge is 0.0636 e. The van der Waals surface area contributed by atoms with Gasteiger partial charge in [0.25, 0.3) is 0 Å². The van der Waals surface area contributed by atoms with E-state index >= 15 is 0 Å². The van der Waals surface area contributed by atoms with Gasteiger partial charge >= 0.3 is 0 Å². The van der Waals surface area contributed by atoms with Crippen LogP contribution in [0, 0.1) is 6.92 Å². The van der Waals surface area contributed by atoms with Crippen molar-refractivity contribution in [2.45, 2.75) is 13.0 Å². The van der Waals surface area contributed by atoms with E-state index in [9.17, 15) is 0 Å². The Morgan fingerprint density at radius 1 is 0.600 bits per heavy atom. The highest BCUT2D eigenvalue weighted by atomic mass is 14.9. The monoisotopic (exact) mass is 394 g/mol. The van der Waals surface area contributed by atoms with Crippen molar-refractivity contribution < 1.29 is 0 Å². The molecule has 0 heterocycles. The van der Waals surface area contributed by atoms with Crippen LogP contribution in [0.4, 0.5) is 28.4 Å². The number of hydrogen-bond acceptors (Lipinski definition) is 4. The second kappa shape index (κ2) is 9.14. The van der Waals surface area contributed by atoms with Crippen LogP contribution in [0.15, 0.2) is 102 Å². The summed E-state index contributed by atoms with van der Waals surface area (Å²) in [5.41, 5.74) is 7.58. The molecular weight excluding hydrogens is 368 g/mol. The number of aliphatic imine (C=N–C) groups is 1. The zero-order valence-electron chi connectivity index (χ0n) is 17.3. The molecule has 150 valence electrons. The fraction of sp³-hybridized carbons (Fsp3) is 0.115. The third-order valence-electron chi connectivity index (χ3n) is 4.94. The van der Waals surface area contributed by atoms with Crippen LogP contribution in [0.5, 0.6) is 0 Å². The third-order valence-corrected chi connectivity index (χ3v) is 4.94. The average Bonchev–Trinajstić information content (AvgIpc) is 2.78. The van der Waals surface area contributed by atoms with Crippen LogP contribution in [-0.2, 0) is 0 Å². The number of aryl methyl sites for hydroxylation is 1. The highest BCUT2D eigenvalue weighted by molar-refractivity contribution is 6.05. The summed E-state index contributed by atoms with van der Waals surface area (Å²) >= 11 is 0. The Morgan fingerprint density at radius 2 is 1.00 bits per heavy atom. The first-order valence-electron chi connectivity index (χ1n) is 10.1. The van der Waals surface area contributed by atoms with Crippen molar-refractivity contribution in [2.24, 2.45) is 4.99 Å². The largest absolute Gasteiger partial charge is 0.375 e. The first-order valence-corrected chi connectivity index (χ1v) is 10.1. The van der Waals surface area contributed by atoms with Crippen LogP contribution in [-0.4, -0.2) is 18.8 Å². The summed E-state index contributed by atoms with van der Waals surface area (Å²) in [6.45, 7) is 2.09. The molecule has 0 radical (unpaired) electrons. The second-order valence-corrected chi connectivity index (χ2v) is 7.31. The summed E-state index contributed by atoms with van der Waals surface area (Å²) < 4.78 is 0. The lowest BCUT2D eigenvalue weighted by molar-refractivity contribution is 1.10. The lowest BCUT2D eigenvalue weighted by Gasteiger charge is -2.16. The maximum atomic E-state index is 4.17. The maximum absolute atomic E-state index is 4.17. The lowest BCUT2D eigenvalue weighted by Crippen LogP contribution is -2.17. The summed E-state index contributed by atoms with van der Waals surface area (Å²) in [7, 11) is 1.80. The second-order valence-electron chi connectivity index (χ2n) is 7.31. The summed E-state index contributed by atoms with van der Waals surface area (Å²) in [6.07, 6.45) is 8.29. The minimum absolute atomic E-state index is 0.183. The van der Waals surface area contributed by atoms with Gasteiger partial charge in [0.2, 0.25) is 0 Å². The molecule has 0 spiro atoms. The Morgan fingerprint density at radius 3 is 1.43 bits per heavy atom. The van der Waals surface area contributed by atoms with E-state index in [1.807, 2.05) is 12.2 Å². The Bertz CT molecular complexity index is 1040. The number of nitrogens with one attached hydrogen (secondary N) is 3. The molecule has 0 bridgehead atoms. The Balaban J connectivity index is 1.33. The van der Waals surface area contributed by atoms with E-state index in [4.69, 9.17) is 0 Å². The molecule has 30 heavy (non-hydrogen) atoms.